The van der Waals surface area contributed by atoms with E-state index in [1.807, 2.05) is 6.07 Å². The van der Waals surface area contributed by atoms with Gasteiger partial charge in [0, 0.05) is 25.7 Å². The zero-order valence-corrected chi connectivity index (χ0v) is 15.7. The summed E-state index contributed by atoms with van der Waals surface area (Å²) in [5.74, 6) is 2.38. The zero-order chi connectivity index (χ0) is 18.5. The van der Waals surface area contributed by atoms with E-state index in [4.69, 9.17) is 18.9 Å². The molecule has 1 aliphatic heterocycles. The Balaban J connectivity index is 1.90. The fourth-order valence-corrected chi connectivity index (χ4v) is 3.23. The van der Waals surface area contributed by atoms with Gasteiger partial charge in [-0.3, -0.25) is 4.90 Å². The largest absolute Gasteiger partial charge is 0.493 e. The quantitative estimate of drug-likeness (QED) is 0.799. The highest BCUT2D eigenvalue weighted by molar-refractivity contribution is 5.96. The van der Waals surface area contributed by atoms with Gasteiger partial charge in [-0.2, -0.15) is 0 Å². The fraction of sp³-hybridized carbons (Fsp3) is 0.556. The first-order valence-corrected chi connectivity index (χ1v) is 8.68. The van der Waals surface area contributed by atoms with Crippen LogP contribution < -0.4 is 19.5 Å². The standard InChI is InChI=1S/C18H26N4O4/c1-12(10-22-5-7-26-8-6-22)21-18-13-9-14(23-2)16(24-3)17(25-4)15(13)19-11-20-18/h9,11-12H,5-8,10H2,1-4H3,(H,19,20,21). The predicted octanol–water partition coefficient (Wildman–Crippen LogP) is 1.79. The molecule has 8 heteroatoms. The average molecular weight is 362 g/mol. The van der Waals surface area contributed by atoms with Crippen molar-refractivity contribution in [3.8, 4) is 17.2 Å². The van der Waals surface area contributed by atoms with E-state index >= 15 is 0 Å². The number of methoxy groups -OCH3 is 3. The van der Waals surface area contributed by atoms with Gasteiger partial charge in [-0.05, 0) is 13.0 Å². The molecule has 3 rings (SSSR count). The number of nitrogens with one attached hydrogen (secondary N) is 1. The number of hydrogen-bond acceptors (Lipinski definition) is 8. The number of rotatable bonds is 7. The second-order valence-corrected chi connectivity index (χ2v) is 6.22. The SMILES string of the molecule is COc1cc2c(NC(C)CN3CCOCC3)ncnc2c(OC)c1OC. The smallest absolute Gasteiger partial charge is 0.205 e. The van der Waals surface area contributed by atoms with Crippen LogP contribution in [0.1, 0.15) is 6.92 Å². The van der Waals surface area contributed by atoms with Gasteiger partial charge in [-0.15, -0.1) is 0 Å². The van der Waals surface area contributed by atoms with Crippen LogP contribution in [0.15, 0.2) is 12.4 Å². The number of anilines is 1. The van der Waals surface area contributed by atoms with Gasteiger partial charge in [-0.1, -0.05) is 0 Å². The maximum absolute atomic E-state index is 5.53. The summed E-state index contributed by atoms with van der Waals surface area (Å²) in [4.78, 5) is 11.2. The van der Waals surface area contributed by atoms with Crippen molar-refractivity contribution in [1.29, 1.82) is 0 Å². The maximum atomic E-state index is 5.53. The molecule has 1 atom stereocenters. The third kappa shape index (κ3) is 3.76. The number of ether oxygens (including phenoxy) is 4. The van der Waals surface area contributed by atoms with Gasteiger partial charge in [-0.25, -0.2) is 9.97 Å². The zero-order valence-electron chi connectivity index (χ0n) is 15.7. The molecule has 0 bridgehead atoms. The minimum absolute atomic E-state index is 0.213. The second kappa shape index (κ2) is 8.37. The summed E-state index contributed by atoms with van der Waals surface area (Å²) in [7, 11) is 4.77. The van der Waals surface area contributed by atoms with Crippen LogP contribution in [0.3, 0.4) is 0 Å². The van der Waals surface area contributed by atoms with Crippen LogP contribution in [0.4, 0.5) is 5.82 Å². The molecule has 1 saturated heterocycles. The molecule has 0 amide bonds. The number of hydrogen-bond donors (Lipinski definition) is 1. The van der Waals surface area contributed by atoms with Crippen molar-refractivity contribution in [3.63, 3.8) is 0 Å². The Morgan fingerprint density at radius 3 is 2.50 bits per heavy atom. The summed E-state index contributed by atoms with van der Waals surface area (Å²) in [5, 5.41) is 4.32. The molecule has 0 spiro atoms. The second-order valence-electron chi connectivity index (χ2n) is 6.22. The number of benzene rings is 1. The van der Waals surface area contributed by atoms with Crippen LogP contribution >= 0.6 is 0 Å². The molecule has 1 unspecified atom stereocenters. The van der Waals surface area contributed by atoms with E-state index in [0.29, 0.717) is 22.8 Å². The molecule has 2 heterocycles. The van der Waals surface area contributed by atoms with E-state index in [9.17, 15) is 0 Å². The summed E-state index contributed by atoms with van der Waals surface area (Å²) in [6, 6.07) is 2.09. The molecule has 142 valence electrons. The Bertz CT molecular complexity index is 750. The van der Waals surface area contributed by atoms with Crippen LogP contribution in [0, 0.1) is 0 Å². The molecule has 1 fully saturated rings. The van der Waals surface area contributed by atoms with Gasteiger partial charge < -0.3 is 24.3 Å². The topological polar surface area (TPSA) is 78.0 Å². The van der Waals surface area contributed by atoms with Crippen molar-refractivity contribution in [2.24, 2.45) is 0 Å². The molecule has 0 saturated carbocycles. The number of nitrogens with zero attached hydrogens (tertiary/aromatic N) is 3. The molecule has 8 nitrogen and oxygen atoms in total. The van der Waals surface area contributed by atoms with Crippen molar-refractivity contribution in [1.82, 2.24) is 14.9 Å². The van der Waals surface area contributed by atoms with Crippen LogP contribution in [0.5, 0.6) is 17.2 Å². The van der Waals surface area contributed by atoms with Crippen molar-refractivity contribution in [3.05, 3.63) is 12.4 Å². The first-order chi connectivity index (χ1) is 12.7. The number of morpholine rings is 1. The van der Waals surface area contributed by atoms with Crippen LogP contribution in [0.25, 0.3) is 10.9 Å². The summed E-state index contributed by atoms with van der Waals surface area (Å²) < 4.78 is 21.8. The lowest BCUT2D eigenvalue weighted by Gasteiger charge is -2.29. The van der Waals surface area contributed by atoms with Gasteiger partial charge in [0.2, 0.25) is 5.75 Å². The van der Waals surface area contributed by atoms with Gasteiger partial charge in [0.05, 0.1) is 39.9 Å². The highest BCUT2D eigenvalue weighted by Crippen LogP contribution is 2.43. The Morgan fingerprint density at radius 1 is 1.12 bits per heavy atom. The molecule has 1 aliphatic rings. The van der Waals surface area contributed by atoms with Gasteiger partial charge >= 0.3 is 0 Å². The minimum atomic E-state index is 0.213. The third-order valence-electron chi connectivity index (χ3n) is 4.45. The molecular weight excluding hydrogens is 336 g/mol. The molecule has 1 aromatic heterocycles. The average Bonchev–Trinajstić information content (AvgIpc) is 2.67. The lowest BCUT2D eigenvalue weighted by molar-refractivity contribution is 0.0368. The highest BCUT2D eigenvalue weighted by atomic mass is 16.5. The van der Waals surface area contributed by atoms with E-state index in [-0.39, 0.29) is 6.04 Å². The number of fused-ring (bicyclic) bond motifs is 1. The lowest BCUT2D eigenvalue weighted by Crippen LogP contribution is -2.42. The Kier molecular flexibility index (Phi) is 5.95. The van der Waals surface area contributed by atoms with Crippen molar-refractivity contribution in [2.45, 2.75) is 13.0 Å². The van der Waals surface area contributed by atoms with Crippen molar-refractivity contribution < 1.29 is 18.9 Å². The Hall–Kier alpha value is -2.32. The maximum Gasteiger partial charge on any atom is 0.205 e. The molecule has 2 aromatic rings. The van der Waals surface area contributed by atoms with E-state index < -0.39 is 0 Å². The van der Waals surface area contributed by atoms with E-state index in [1.54, 1.807) is 21.3 Å². The normalized spacial score (nSPS) is 16.3. The molecule has 0 radical (unpaired) electrons. The summed E-state index contributed by atoms with van der Waals surface area (Å²) >= 11 is 0. The van der Waals surface area contributed by atoms with Crippen LogP contribution in [-0.4, -0.2) is 75.1 Å². The summed E-state index contributed by atoms with van der Waals surface area (Å²) in [6.07, 6.45) is 1.53. The highest BCUT2D eigenvalue weighted by Gasteiger charge is 2.20. The fourth-order valence-electron chi connectivity index (χ4n) is 3.23. The third-order valence-corrected chi connectivity index (χ3v) is 4.45. The Morgan fingerprint density at radius 2 is 1.85 bits per heavy atom. The van der Waals surface area contributed by atoms with Crippen LogP contribution in [-0.2, 0) is 4.74 Å². The van der Waals surface area contributed by atoms with Crippen molar-refractivity contribution in [2.75, 3.05) is 59.5 Å². The minimum Gasteiger partial charge on any atom is -0.493 e. The van der Waals surface area contributed by atoms with E-state index in [0.717, 1.165) is 44.1 Å². The molecule has 1 aromatic carbocycles. The van der Waals surface area contributed by atoms with Gasteiger partial charge in [0.25, 0.3) is 0 Å². The molecule has 26 heavy (non-hydrogen) atoms. The molecule has 0 aliphatic carbocycles. The monoisotopic (exact) mass is 362 g/mol. The van der Waals surface area contributed by atoms with Gasteiger partial charge in [0.1, 0.15) is 17.7 Å². The van der Waals surface area contributed by atoms with Crippen LogP contribution in [0.2, 0.25) is 0 Å². The molecular formula is C18H26N4O4. The number of aromatic nitrogens is 2. The Labute approximate surface area is 153 Å². The predicted molar refractivity (Wildman–Crippen MR) is 99.5 cm³/mol. The van der Waals surface area contributed by atoms with Gasteiger partial charge in [0.15, 0.2) is 11.5 Å². The van der Waals surface area contributed by atoms with E-state index in [2.05, 4.69) is 27.1 Å². The summed E-state index contributed by atoms with van der Waals surface area (Å²) in [6.45, 7) is 6.54. The first-order valence-electron chi connectivity index (χ1n) is 8.68. The van der Waals surface area contributed by atoms with E-state index in [1.165, 1.54) is 6.33 Å². The first kappa shape index (κ1) is 18.5. The molecule has 1 N–H and O–H groups in total. The summed E-state index contributed by atoms with van der Waals surface area (Å²) in [5.41, 5.74) is 0.682. The van der Waals surface area contributed by atoms with Crippen molar-refractivity contribution >= 4 is 16.7 Å². The lowest BCUT2D eigenvalue weighted by atomic mass is 10.1.